The van der Waals surface area contributed by atoms with Crippen LogP contribution in [0.15, 0.2) is 66.2 Å². The monoisotopic (exact) mass is 527 g/mol. The number of Topliss-reactive ketones (excluding diaryl/α,β-unsaturated/α-hetero) is 1. The molecule has 0 spiro atoms. The minimum atomic E-state index is -0.996. The molecule has 0 saturated carbocycles. The lowest BCUT2D eigenvalue weighted by atomic mass is 9.84. The summed E-state index contributed by atoms with van der Waals surface area (Å²) in [6, 6.07) is 14.4. The second-order valence-corrected chi connectivity index (χ2v) is 10.3. The smallest absolute Gasteiger partial charge is 0.300 e. The predicted molar refractivity (Wildman–Crippen MR) is 139 cm³/mol. The molecule has 0 aliphatic carbocycles. The zero-order chi connectivity index (χ0) is 26.4. The van der Waals surface area contributed by atoms with Gasteiger partial charge in [-0.1, -0.05) is 56.1 Å². The standard InChI is InChI=1S/C28H24Cl2FNO4/c1-28(2,3)19-13-16(7-12-22(19)36-4)25(33)23-24(15-5-8-17(29)9-6-15)32(27(35)26(23)34)18-10-11-21(31)20(30)14-18/h5-14,24,33H,1-4H3/b25-23-. The highest BCUT2D eigenvalue weighted by Crippen LogP contribution is 2.44. The normalized spacial score (nSPS) is 17.5. The quantitative estimate of drug-likeness (QED) is 0.224. The average molecular weight is 528 g/mol. The van der Waals surface area contributed by atoms with Crippen molar-refractivity contribution in [3.05, 3.63) is 98.8 Å². The van der Waals surface area contributed by atoms with Gasteiger partial charge in [-0.15, -0.1) is 0 Å². The van der Waals surface area contributed by atoms with E-state index >= 15 is 0 Å². The molecule has 1 aliphatic heterocycles. The van der Waals surface area contributed by atoms with Gasteiger partial charge in [-0.25, -0.2) is 4.39 Å². The van der Waals surface area contributed by atoms with Crippen LogP contribution in [0.4, 0.5) is 10.1 Å². The van der Waals surface area contributed by atoms with Crippen molar-refractivity contribution in [2.24, 2.45) is 0 Å². The Morgan fingerprint density at radius 1 is 1.00 bits per heavy atom. The van der Waals surface area contributed by atoms with E-state index in [1.165, 1.54) is 17.0 Å². The molecule has 1 saturated heterocycles. The predicted octanol–water partition coefficient (Wildman–Crippen LogP) is 7.06. The van der Waals surface area contributed by atoms with E-state index in [-0.39, 0.29) is 27.5 Å². The van der Waals surface area contributed by atoms with Gasteiger partial charge >= 0.3 is 0 Å². The van der Waals surface area contributed by atoms with Crippen molar-refractivity contribution >= 4 is 46.3 Å². The van der Waals surface area contributed by atoms with Gasteiger partial charge in [0.15, 0.2) is 0 Å². The summed E-state index contributed by atoms with van der Waals surface area (Å²) in [6.45, 7) is 6.00. The van der Waals surface area contributed by atoms with Gasteiger partial charge in [0.2, 0.25) is 0 Å². The number of methoxy groups -OCH3 is 1. The van der Waals surface area contributed by atoms with Crippen molar-refractivity contribution in [3.8, 4) is 5.75 Å². The minimum absolute atomic E-state index is 0.104. The van der Waals surface area contributed by atoms with E-state index in [0.29, 0.717) is 21.9 Å². The van der Waals surface area contributed by atoms with E-state index in [0.717, 1.165) is 11.6 Å². The molecule has 1 N–H and O–H groups in total. The van der Waals surface area contributed by atoms with Crippen LogP contribution in [-0.2, 0) is 15.0 Å². The van der Waals surface area contributed by atoms with E-state index in [9.17, 15) is 19.1 Å². The lowest BCUT2D eigenvalue weighted by molar-refractivity contribution is -0.132. The number of hydrogen-bond donors (Lipinski definition) is 1. The molecule has 1 heterocycles. The van der Waals surface area contributed by atoms with Gasteiger partial charge in [-0.05, 0) is 59.5 Å². The van der Waals surface area contributed by atoms with Gasteiger partial charge in [0, 0.05) is 21.8 Å². The molecule has 1 amide bonds. The Hall–Kier alpha value is -3.35. The summed E-state index contributed by atoms with van der Waals surface area (Å²) in [4.78, 5) is 27.8. The number of ether oxygens (including phenoxy) is 1. The lowest BCUT2D eigenvalue weighted by Crippen LogP contribution is -2.29. The van der Waals surface area contributed by atoms with Gasteiger partial charge < -0.3 is 9.84 Å². The number of anilines is 1. The summed E-state index contributed by atoms with van der Waals surface area (Å²) < 4.78 is 19.4. The highest BCUT2D eigenvalue weighted by molar-refractivity contribution is 6.51. The van der Waals surface area contributed by atoms with Crippen molar-refractivity contribution in [2.45, 2.75) is 32.2 Å². The third-order valence-corrected chi connectivity index (χ3v) is 6.63. The second-order valence-electron chi connectivity index (χ2n) is 9.48. The highest BCUT2D eigenvalue weighted by Gasteiger charge is 2.47. The van der Waals surface area contributed by atoms with Crippen LogP contribution in [0.1, 0.15) is 43.5 Å². The number of carbonyl (C=O) groups is 2. The van der Waals surface area contributed by atoms with Gasteiger partial charge in [0.1, 0.15) is 17.3 Å². The Morgan fingerprint density at radius 2 is 1.67 bits per heavy atom. The van der Waals surface area contributed by atoms with E-state index in [2.05, 4.69) is 0 Å². The van der Waals surface area contributed by atoms with Gasteiger partial charge in [-0.3, -0.25) is 14.5 Å². The number of rotatable bonds is 4. The first kappa shape index (κ1) is 25.7. The van der Waals surface area contributed by atoms with E-state index < -0.39 is 23.5 Å². The molecule has 3 aromatic rings. The molecule has 5 nitrogen and oxygen atoms in total. The van der Waals surface area contributed by atoms with Crippen LogP contribution in [-0.4, -0.2) is 23.9 Å². The zero-order valence-electron chi connectivity index (χ0n) is 20.1. The Labute approximate surface area is 218 Å². The molecule has 0 radical (unpaired) electrons. The summed E-state index contributed by atoms with van der Waals surface area (Å²) in [5.74, 6) is -2.11. The fourth-order valence-electron chi connectivity index (χ4n) is 4.29. The van der Waals surface area contributed by atoms with Crippen LogP contribution in [0.25, 0.3) is 5.76 Å². The summed E-state index contributed by atoms with van der Waals surface area (Å²) in [5, 5.41) is 11.7. The van der Waals surface area contributed by atoms with Crippen LogP contribution < -0.4 is 9.64 Å². The number of nitrogens with zero attached hydrogens (tertiary/aromatic N) is 1. The SMILES string of the molecule is COc1ccc(/C(O)=C2/C(=O)C(=O)N(c3ccc(F)c(Cl)c3)C2c2ccc(Cl)cc2)cc1C(C)(C)C. The number of hydrogen-bond acceptors (Lipinski definition) is 4. The molecular formula is C28H24Cl2FNO4. The van der Waals surface area contributed by atoms with Crippen LogP contribution in [0.3, 0.4) is 0 Å². The summed E-state index contributed by atoms with van der Waals surface area (Å²) in [5.41, 5.74) is 1.49. The number of aliphatic hydroxyl groups is 1. The molecule has 1 unspecified atom stereocenters. The van der Waals surface area contributed by atoms with Crippen LogP contribution in [0.5, 0.6) is 5.75 Å². The molecule has 3 aromatic carbocycles. The Kier molecular flexibility index (Phi) is 6.86. The van der Waals surface area contributed by atoms with E-state index in [1.807, 2.05) is 20.8 Å². The molecule has 1 aliphatic rings. The summed E-state index contributed by atoms with van der Waals surface area (Å²) in [7, 11) is 1.56. The van der Waals surface area contributed by atoms with Crippen LogP contribution in [0, 0.1) is 5.82 Å². The van der Waals surface area contributed by atoms with Gasteiger partial charge in [0.05, 0.1) is 23.7 Å². The molecule has 1 fully saturated rings. The largest absolute Gasteiger partial charge is 0.507 e. The van der Waals surface area contributed by atoms with Crippen LogP contribution >= 0.6 is 23.2 Å². The van der Waals surface area contributed by atoms with Crippen molar-refractivity contribution < 1.29 is 23.8 Å². The molecule has 0 bridgehead atoms. The molecule has 0 aromatic heterocycles. The van der Waals surface area contributed by atoms with Gasteiger partial charge in [-0.2, -0.15) is 0 Å². The molecule has 186 valence electrons. The van der Waals surface area contributed by atoms with E-state index in [1.54, 1.807) is 49.6 Å². The fraction of sp³-hybridized carbons (Fsp3) is 0.214. The number of amides is 1. The Balaban J connectivity index is 1.96. The Morgan fingerprint density at radius 3 is 2.25 bits per heavy atom. The number of benzene rings is 3. The van der Waals surface area contributed by atoms with Crippen molar-refractivity contribution in [2.75, 3.05) is 12.0 Å². The first-order chi connectivity index (χ1) is 16.9. The average Bonchev–Trinajstić information content (AvgIpc) is 3.10. The summed E-state index contributed by atoms with van der Waals surface area (Å²) >= 11 is 12.1. The van der Waals surface area contributed by atoms with E-state index in [4.69, 9.17) is 27.9 Å². The maximum atomic E-state index is 13.9. The minimum Gasteiger partial charge on any atom is -0.507 e. The molecule has 8 heteroatoms. The second kappa shape index (κ2) is 9.60. The maximum absolute atomic E-state index is 13.9. The number of aliphatic hydroxyl groups excluding tert-OH is 1. The van der Waals surface area contributed by atoms with Crippen molar-refractivity contribution in [3.63, 3.8) is 0 Å². The fourth-order valence-corrected chi connectivity index (χ4v) is 4.59. The third-order valence-electron chi connectivity index (χ3n) is 6.09. The van der Waals surface area contributed by atoms with Crippen molar-refractivity contribution in [1.29, 1.82) is 0 Å². The Bertz CT molecular complexity index is 1390. The molecular weight excluding hydrogens is 504 g/mol. The summed E-state index contributed by atoms with van der Waals surface area (Å²) in [6.07, 6.45) is 0. The maximum Gasteiger partial charge on any atom is 0.300 e. The number of ketones is 1. The number of halogens is 3. The molecule has 36 heavy (non-hydrogen) atoms. The lowest BCUT2D eigenvalue weighted by Gasteiger charge is -2.26. The van der Waals surface area contributed by atoms with Gasteiger partial charge in [0.25, 0.3) is 11.7 Å². The van der Waals surface area contributed by atoms with Crippen molar-refractivity contribution in [1.82, 2.24) is 0 Å². The number of carbonyl (C=O) groups excluding carboxylic acids is 2. The molecule has 1 atom stereocenters. The first-order valence-electron chi connectivity index (χ1n) is 11.1. The third kappa shape index (κ3) is 4.59. The zero-order valence-corrected chi connectivity index (χ0v) is 21.6. The van der Waals surface area contributed by atoms with Crippen LogP contribution in [0.2, 0.25) is 10.0 Å². The highest BCUT2D eigenvalue weighted by atomic mass is 35.5. The topological polar surface area (TPSA) is 66.8 Å². The first-order valence-corrected chi connectivity index (χ1v) is 11.9. The molecule has 4 rings (SSSR count).